The SMILES string of the molecule is CCCCc1ccc(-c2ccc(C(=O)C[C@@H](CCC(=O)NCC(O)CO)C(=O)N(C)[C@@H]3C(=O)C[C@@H](C)C(=O)N[C@H](C(=O)CCC#N)Cc4ccc(OCCN)c(c4)-c4cc3ccc4OCCN)cc2)cc1. The smallest absolute Gasteiger partial charge is 0.226 e. The number of Topliss-reactive ketones (excluding diaryl/α,β-unsaturated/α-hetero) is 3. The molecule has 0 saturated heterocycles. The molecule has 1 aliphatic rings. The van der Waals surface area contributed by atoms with Crippen LogP contribution in [0.15, 0.2) is 84.9 Å². The fourth-order valence-corrected chi connectivity index (χ4v) is 8.57. The lowest BCUT2D eigenvalue weighted by Gasteiger charge is -2.32. The van der Waals surface area contributed by atoms with Gasteiger partial charge in [-0.15, -0.1) is 0 Å². The molecule has 4 bridgehead atoms. The Morgan fingerprint density at radius 1 is 0.887 bits per heavy atom. The normalized spacial score (nSPS) is 16.6. The summed E-state index contributed by atoms with van der Waals surface area (Å²) in [6, 6.07) is 25.2. The Kier molecular flexibility index (Phi) is 21.4. The largest absolute Gasteiger partial charge is 0.492 e. The van der Waals surface area contributed by atoms with E-state index in [9.17, 15) is 39.4 Å². The summed E-state index contributed by atoms with van der Waals surface area (Å²) in [7, 11) is 1.44. The molecule has 1 aliphatic heterocycles. The molecular formula is C55H68N6O10. The zero-order chi connectivity index (χ0) is 51.5. The second-order valence-corrected chi connectivity index (χ2v) is 18.1. The maximum absolute atomic E-state index is 15.1. The Labute approximate surface area is 416 Å². The number of aliphatic hydroxyl groups is 2. The first kappa shape index (κ1) is 55.2. The van der Waals surface area contributed by atoms with Crippen LogP contribution in [0.3, 0.4) is 0 Å². The zero-order valence-corrected chi connectivity index (χ0v) is 41.0. The second kappa shape index (κ2) is 27.6. The van der Waals surface area contributed by atoms with Gasteiger partial charge in [0.1, 0.15) is 30.8 Å². The Hall–Kier alpha value is -6.77. The Balaban J connectivity index is 1.57. The Morgan fingerprint density at radius 2 is 1.52 bits per heavy atom. The van der Waals surface area contributed by atoms with Gasteiger partial charge in [-0.2, -0.15) is 5.26 Å². The maximum atomic E-state index is 15.1. The third kappa shape index (κ3) is 15.6. The summed E-state index contributed by atoms with van der Waals surface area (Å²) in [5.74, 6) is -4.33. The van der Waals surface area contributed by atoms with E-state index in [0.717, 1.165) is 30.4 Å². The fraction of sp³-hybridized carbons (Fsp3) is 0.436. The number of ether oxygens (including phenoxy) is 2. The number of fused-ring (bicyclic) bond motifs is 5. The van der Waals surface area contributed by atoms with Gasteiger partial charge in [0.15, 0.2) is 17.3 Å². The number of amides is 3. The summed E-state index contributed by atoms with van der Waals surface area (Å²) in [6.45, 7) is 3.54. The molecular weight excluding hydrogens is 905 g/mol. The molecule has 71 heavy (non-hydrogen) atoms. The van der Waals surface area contributed by atoms with Crippen LogP contribution in [0.2, 0.25) is 0 Å². The molecule has 16 heteroatoms. The molecule has 1 unspecified atom stereocenters. The molecule has 1 heterocycles. The number of benzene rings is 4. The monoisotopic (exact) mass is 972 g/mol. The van der Waals surface area contributed by atoms with Gasteiger partial charge < -0.3 is 46.7 Å². The lowest BCUT2D eigenvalue weighted by atomic mass is 9.87. The average Bonchev–Trinajstić information content (AvgIpc) is 3.38. The minimum absolute atomic E-state index is 0.0579. The third-order valence-electron chi connectivity index (χ3n) is 12.6. The summed E-state index contributed by atoms with van der Waals surface area (Å²) >= 11 is 0. The molecule has 8 N–H and O–H groups in total. The standard InChI is InChI=1S/C55H68N6O10/c1-4-5-7-36-9-12-38(13-10-36)39-14-16-40(17-15-39)48(65)32-42(19-22-52(67)59-33-43(63)34-62)55(69)61(3)53-41-18-21-51(71-27-25-58)45(31-41)44-29-37(11-20-50(44)70-26-24-57)30-46(47(64)8-6-23-56)60-54(68)35(2)28-49(53)66/h9-18,20-21,29,31,35,42-43,46,53,62-63H,4-8,19,22,24-28,30,32-34,57-58H2,1-3H3,(H,59,67)(H,60,68)/t35-,42-,43?,46+,53+/m1/s1. The lowest BCUT2D eigenvalue weighted by molar-refractivity contribution is -0.142. The van der Waals surface area contributed by atoms with Gasteiger partial charge in [0.05, 0.1) is 24.8 Å². The van der Waals surface area contributed by atoms with Gasteiger partial charge in [-0.05, 0) is 77.8 Å². The lowest BCUT2D eigenvalue weighted by Crippen LogP contribution is -2.45. The van der Waals surface area contributed by atoms with Crippen LogP contribution in [0, 0.1) is 23.2 Å². The summed E-state index contributed by atoms with van der Waals surface area (Å²) < 4.78 is 12.3. The van der Waals surface area contributed by atoms with Crippen molar-refractivity contribution >= 4 is 35.1 Å². The molecule has 16 nitrogen and oxygen atoms in total. The Bertz CT molecular complexity index is 2510. The number of hydrogen-bond donors (Lipinski definition) is 6. The molecule has 0 aromatic heterocycles. The number of unbranched alkanes of at least 4 members (excludes halogenated alkanes) is 1. The van der Waals surface area contributed by atoms with E-state index >= 15 is 4.79 Å². The van der Waals surface area contributed by atoms with Gasteiger partial charge in [-0.25, -0.2) is 0 Å². The molecule has 3 amide bonds. The molecule has 0 saturated carbocycles. The predicted octanol–water partition coefficient (Wildman–Crippen LogP) is 5.19. The molecule has 378 valence electrons. The van der Waals surface area contributed by atoms with Crippen molar-refractivity contribution in [2.24, 2.45) is 23.3 Å². The maximum Gasteiger partial charge on any atom is 0.226 e. The van der Waals surface area contributed by atoms with E-state index in [2.05, 4.69) is 29.7 Å². The molecule has 4 aromatic rings. The minimum Gasteiger partial charge on any atom is -0.492 e. The van der Waals surface area contributed by atoms with Gasteiger partial charge in [0.25, 0.3) is 0 Å². The van der Waals surface area contributed by atoms with E-state index in [1.807, 2.05) is 30.3 Å². The summed E-state index contributed by atoms with van der Waals surface area (Å²) in [5, 5.41) is 33.8. The quantitative estimate of drug-likeness (QED) is 0.0495. The highest BCUT2D eigenvalue weighted by molar-refractivity contribution is 6.00. The first-order valence-corrected chi connectivity index (χ1v) is 24.4. The van der Waals surface area contributed by atoms with Crippen LogP contribution in [-0.4, -0.2) is 109 Å². The van der Waals surface area contributed by atoms with Crippen molar-refractivity contribution < 1.29 is 48.5 Å². The summed E-state index contributed by atoms with van der Waals surface area (Å²) in [4.78, 5) is 85.9. The van der Waals surface area contributed by atoms with Gasteiger partial charge in [-0.1, -0.05) is 80.9 Å². The number of ketones is 3. The number of aryl methyl sites for hydroxylation is 1. The van der Waals surface area contributed by atoms with Crippen molar-refractivity contribution in [3.05, 3.63) is 107 Å². The second-order valence-electron chi connectivity index (χ2n) is 18.1. The third-order valence-corrected chi connectivity index (χ3v) is 12.6. The van der Waals surface area contributed by atoms with Crippen LogP contribution in [0.1, 0.15) is 98.3 Å². The van der Waals surface area contributed by atoms with Crippen LogP contribution in [0.5, 0.6) is 11.5 Å². The van der Waals surface area contributed by atoms with Gasteiger partial charge in [0.2, 0.25) is 17.7 Å². The van der Waals surface area contributed by atoms with E-state index in [-0.39, 0.29) is 89.4 Å². The summed E-state index contributed by atoms with van der Waals surface area (Å²) in [6.07, 6.45) is 0.845. The van der Waals surface area contributed by atoms with Crippen LogP contribution in [-0.2, 0) is 36.8 Å². The molecule has 0 radical (unpaired) electrons. The van der Waals surface area contributed by atoms with Gasteiger partial charge >= 0.3 is 0 Å². The molecule has 4 aromatic carbocycles. The number of carbonyl (C=O) groups is 6. The highest BCUT2D eigenvalue weighted by Gasteiger charge is 2.36. The van der Waals surface area contributed by atoms with Crippen LogP contribution in [0.25, 0.3) is 22.3 Å². The average molecular weight is 973 g/mol. The number of rotatable bonds is 24. The predicted molar refractivity (Wildman–Crippen MR) is 269 cm³/mol. The number of nitriles is 1. The van der Waals surface area contributed by atoms with Crippen molar-refractivity contribution in [1.29, 1.82) is 5.26 Å². The number of likely N-dealkylation sites (N-methyl/N-ethyl adjacent to an activating group) is 1. The number of nitrogens with zero attached hydrogens (tertiary/aromatic N) is 2. The van der Waals surface area contributed by atoms with E-state index in [0.29, 0.717) is 39.3 Å². The van der Waals surface area contributed by atoms with E-state index in [4.69, 9.17) is 20.9 Å². The first-order valence-electron chi connectivity index (χ1n) is 24.4. The topological polar surface area (TPSA) is 264 Å². The number of aliphatic hydroxyl groups excluding tert-OH is 2. The minimum atomic E-state index is -1.34. The number of carbonyl (C=O) groups excluding carboxylic acids is 6. The molecule has 0 aliphatic carbocycles. The number of nitrogens with one attached hydrogen (secondary N) is 2. The van der Waals surface area contributed by atoms with Crippen molar-refractivity contribution in [2.75, 3.05) is 46.5 Å². The van der Waals surface area contributed by atoms with Crippen molar-refractivity contribution in [3.8, 4) is 39.8 Å². The van der Waals surface area contributed by atoms with Crippen molar-refractivity contribution in [3.63, 3.8) is 0 Å². The number of nitrogens with two attached hydrogens (primary N) is 2. The van der Waals surface area contributed by atoms with E-state index < -0.39 is 60.1 Å². The molecule has 5 atom stereocenters. The zero-order valence-electron chi connectivity index (χ0n) is 41.0. The Morgan fingerprint density at radius 3 is 2.14 bits per heavy atom. The van der Waals surface area contributed by atoms with E-state index in [1.165, 1.54) is 17.5 Å². The van der Waals surface area contributed by atoms with Crippen LogP contribution >= 0.6 is 0 Å². The molecule has 0 spiro atoms. The van der Waals surface area contributed by atoms with E-state index in [1.54, 1.807) is 55.5 Å². The van der Waals surface area contributed by atoms with Crippen LogP contribution < -0.4 is 31.6 Å². The fourth-order valence-electron chi connectivity index (χ4n) is 8.57. The van der Waals surface area contributed by atoms with Gasteiger partial charge in [-0.3, -0.25) is 28.8 Å². The van der Waals surface area contributed by atoms with Crippen LogP contribution in [0.4, 0.5) is 0 Å². The molecule has 0 fully saturated rings. The number of hydrogen-bond acceptors (Lipinski definition) is 13. The van der Waals surface area contributed by atoms with Crippen molar-refractivity contribution in [1.82, 2.24) is 15.5 Å². The summed E-state index contributed by atoms with van der Waals surface area (Å²) in [5.41, 5.74) is 17.2. The van der Waals surface area contributed by atoms with Gasteiger partial charge in [0, 0.05) is 87.3 Å². The molecule has 5 rings (SSSR count). The first-order chi connectivity index (χ1) is 34.2. The highest BCUT2D eigenvalue weighted by Crippen LogP contribution is 2.41. The van der Waals surface area contributed by atoms with Crippen molar-refractivity contribution in [2.45, 2.75) is 96.2 Å². The highest BCUT2D eigenvalue weighted by atomic mass is 16.5.